The van der Waals surface area contributed by atoms with Crippen LogP contribution in [-0.4, -0.2) is 15.2 Å². The summed E-state index contributed by atoms with van der Waals surface area (Å²) < 4.78 is 5.99. The van der Waals surface area contributed by atoms with Gasteiger partial charge in [0.25, 0.3) is 0 Å². The molecule has 130 valence electrons. The number of rotatable bonds is 3. The van der Waals surface area contributed by atoms with Crippen molar-refractivity contribution in [2.75, 3.05) is 0 Å². The Morgan fingerprint density at radius 3 is 2.48 bits per heavy atom. The number of pyridine rings is 1. The van der Waals surface area contributed by atoms with Crippen molar-refractivity contribution in [2.24, 2.45) is 0 Å². The molecule has 0 unspecified atom stereocenters. The topological polar surface area (TPSA) is 51.8 Å². The summed E-state index contributed by atoms with van der Waals surface area (Å²) in [5.74, 6) is 0.927. The van der Waals surface area contributed by atoms with E-state index in [2.05, 4.69) is 16.3 Å². The van der Waals surface area contributed by atoms with Crippen LogP contribution in [-0.2, 0) is 0 Å². The van der Waals surface area contributed by atoms with Crippen LogP contribution in [0.25, 0.3) is 44.4 Å². The lowest BCUT2D eigenvalue weighted by molar-refractivity contribution is 0.585. The molecule has 4 nitrogen and oxygen atoms in total. The molecule has 0 amide bonds. The average Bonchev–Trinajstić information content (AvgIpc) is 3.40. The van der Waals surface area contributed by atoms with Crippen LogP contribution < -0.4 is 0 Å². The molecule has 6 heteroatoms. The van der Waals surface area contributed by atoms with E-state index < -0.39 is 0 Å². The Hall–Kier alpha value is -3.02. The maximum atomic E-state index is 5.99. The highest BCUT2D eigenvalue weighted by atomic mass is 35.5. The average molecular weight is 390 g/mol. The molecule has 3 heterocycles. The van der Waals surface area contributed by atoms with Crippen LogP contribution in [0, 0.1) is 0 Å². The van der Waals surface area contributed by atoms with Gasteiger partial charge in [-0.05, 0) is 47.8 Å². The zero-order valence-corrected chi connectivity index (χ0v) is 15.5. The third kappa shape index (κ3) is 3.01. The molecule has 0 spiro atoms. The molecule has 0 aliphatic heterocycles. The van der Waals surface area contributed by atoms with Crippen molar-refractivity contribution in [3.63, 3.8) is 0 Å². The van der Waals surface area contributed by atoms with Crippen molar-refractivity contribution < 1.29 is 4.42 Å². The van der Waals surface area contributed by atoms with Gasteiger partial charge in [0.05, 0.1) is 21.7 Å². The first-order valence-corrected chi connectivity index (χ1v) is 9.57. The Morgan fingerprint density at radius 2 is 1.67 bits per heavy atom. The zero-order valence-electron chi connectivity index (χ0n) is 14.0. The number of thiophene rings is 1. The summed E-state index contributed by atoms with van der Waals surface area (Å²) in [6.07, 6.45) is 0. The molecule has 3 aromatic heterocycles. The van der Waals surface area contributed by atoms with Crippen LogP contribution in [0.4, 0.5) is 0 Å². The monoisotopic (exact) mass is 389 g/mol. The van der Waals surface area contributed by atoms with Gasteiger partial charge in [-0.2, -0.15) is 0 Å². The first kappa shape index (κ1) is 16.2. The molecule has 27 heavy (non-hydrogen) atoms. The van der Waals surface area contributed by atoms with Gasteiger partial charge >= 0.3 is 0 Å². The van der Waals surface area contributed by atoms with Crippen molar-refractivity contribution in [2.45, 2.75) is 0 Å². The van der Waals surface area contributed by atoms with E-state index in [9.17, 15) is 0 Å². The van der Waals surface area contributed by atoms with Crippen molar-refractivity contribution in [1.29, 1.82) is 0 Å². The van der Waals surface area contributed by atoms with Crippen LogP contribution in [0.3, 0.4) is 0 Å². The molecule has 0 N–H and O–H groups in total. The Balaban J connectivity index is 1.67. The fraction of sp³-hybridized carbons (Fsp3) is 0. The zero-order chi connectivity index (χ0) is 18.2. The van der Waals surface area contributed by atoms with E-state index in [0.717, 1.165) is 32.6 Å². The standard InChI is InChI=1S/C21H12ClN3OS/c22-14-9-7-13(8-10-14)20-24-25-21(26-20)16-12-18(19-6-3-11-27-19)23-17-5-2-1-4-15(16)17/h1-12H. The predicted molar refractivity (Wildman–Crippen MR) is 109 cm³/mol. The minimum atomic E-state index is 0.459. The number of para-hydroxylation sites is 1. The summed E-state index contributed by atoms with van der Waals surface area (Å²) in [7, 11) is 0. The summed E-state index contributed by atoms with van der Waals surface area (Å²) in [6.45, 7) is 0. The molecule has 0 bridgehead atoms. The van der Waals surface area contributed by atoms with Crippen molar-refractivity contribution >= 4 is 33.8 Å². The van der Waals surface area contributed by atoms with Crippen molar-refractivity contribution in [1.82, 2.24) is 15.2 Å². The summed E-state index contributed by atoms with van der Waals surface area (Å²) in [4.78, 5) is 5.88. The van der Waals surface area contributed by atoms with Crippen LogP contribution in [0.2, 0.25) is 5.02 Å². The molecule has 2 aromatic carbocycles. The minimum Gasteiger partial charge on any atom is -0.416 e. The number of hydrogen-bond donors (Lipinski definition) is 0. The van der Waals surface area contributed by atoms with Crippen LogP contribution >= 0.6 is 22.9 Å². The van der Waals surface area contributed by atoms with E-state index in [1.807, 2.05) is 53.9 Å². The molecule has 0 atom stereocenters. The quantitative estimate of drug-likeness (QED) is 0.361. The van der Waals surface area contributed by atoms with E-state index in [4.69, 9.17) is 21.0 Å². The van der Waals surface area contributed by atoms with Crippen LogP contribution in [0.15, 0.2) is 76.5 Å². The number of halogens is 1. The van der Waals surface area contributed by atoms with Gasteiger partial charge in [0, 0.05) is 16.0 Å². The van der Waals surface area contributed by atoms with Crippen molar-refractivity contribution in [3.05, 3.63) is 77.1 Å². The highest BCUT2D eigenvalue weighted by Gasteiger charge is 2.16. The lowest BCUT2D eigenvalue weighted by Gasteiger charge is -2.06. The van der Waals surface area contributed by atoms with Gasteiger partial charge in [0.2, 0.25) is 11.8 Å². The van der Waals surface area contributed by atoms with Crippen molar-refractivity contribution in [3.8, 4) is 33.5 Å². The first-order valence-electron chi connectivity index (χ1n) is 8.31. The fourth-order valence-corrected chi connectivity index (χ4v) is 3.76. The van der Waals surface area contributed by atoms with Gasteiger partial charge in [-0.15, -0.1) is 21.5 Å². The Bertz CT molecular complexity index is 1230. The second kappa shape index (κ2) is 6.61. The third-order valence-corrected chi connectivity index (χ3v) is 5.38. The highest BCUT2D eigenvalue weighted by molar-refractivity contribution is 7.13. The smallest absolute Gasteiger partial charge is 0.248 e. The summed E-state index contributed by atoms with van der Waals surface area (Å²) in [5, 5.41) is 12.2. The number of benzene rings is 2. The number of aromatic nitrogens is 3. The van der Waals surface area contributed by atoms with Crippen LogP contribution in [0.5, 0.6) is 0 Å². The SMILES string of the molecule is Clc1ccc(-c2nnc(-c3cc(-c4cccs4)nc4ccccc34)o2)cc1. The highest BCUT2D eigenvalue weighted by Crippen LogP contribution is 2.34. The molecule has 5 rings (SSSR count). The van der Waals surface area contributed by atoms with E-state index in [1.165, 1.54) is 0 Å². The Kier molecular flexibility index (Phi) is 3.96. The van der Waals surface area contributed by atoms with Crippen LogP contribution in [0.1, 0.15) is 0 Å². The second-order valence-electron chi connectivity index (χ2n) is 5.97. The van der Waals surface area contributed by atoms with E-state index in [0.29, 0.717) is 16.8 Å². The molecule has 0 saturated heterocycles. The molecule has 0 saturated carbocycles. The maximum Gasteiger partial charge on any atom is 0.248 e. The lowest BCUT2D eigenvalue weighted by Crippen LogP contribution is -1.88. The Labute approximate surface area is 164 Å². The lowest BCUT2D eigenvalue weighted by atomic mass is 10.1. The van der Waals surface area contributed by atoms with Gasteiger partial charge in [-0.25, -0.2) is 4.98 Å². The predicted octanol–water partition coefficient (Wildman–Crippen LogP) is 6.33. The maximum absolute atomic E-state index is 5.99. The van der Waals surface area contributed by atoms with E-state index >= 15 is 0 Å². The van der Waals surface area contributed by atoms with Gasteiger partial charge in [-0.3, -0.25) is 0 Å². The minimum absolute atomic E-state index is 0.459. The molecule has 0 fully saturated rings. The van der Waals surface area contributed by atoms with E-state index in [1.54, 1.807) is 23.5 Å². The second-order valence-corrected chi connectivity index (χ2v) is 7.35. The van der Waals surface area contributed by atoms with Gasteiger partial charge in [0.1, 0.15) is 0 Å². The fourth-order valence-electron chi connectivity index (χ4n) is 2.94. The summed E-state index contributed by atoms with van der Waals surface area (Å²) in [5.41, 5.74) is 3.49. The van der Waals surface area contributed by atoms with Gasteiger partial charge in [-0.1, -0.05) is 35.9 Å². The number of fused-ring (bicyclic) bond motifs is 1. The molecular formula is C21H12ClN3OS. The third-order valence-electron chi connectivity index (χ3n) is 4.24. The number of nitrogens with zero attached hydrogens (tertiary/aromatic N) is 3. The Morgan fingerprint density at radius 1 is 0.852 bits per heavy atom. The summed E-state index contributed by atoms with van der Waals surface area (Å²) >= 11 is 7.61. The van der Waals surface area contributed by atoms with Gasteiger partial charge < -0.3 is 4.42 Å². The number of hydrogen-bond acceptors (Lipinski definition) is 5. The molecule has 0 aliphatic rings. The largest absolute Gasteiger partial charge is 0.416 e. The summed E-state index contributed by atoms with van der Waals surface area (Å²) in [6, 6.07) is 21.4. The first-order chi connectivity index (χ1) is 13.3. The molecule has 0 radical (unpaired) electrons. The normalized spacial score (nSPS) is 11.1. The van der Waals surface area contributed by atoms with E-state index in [-0.39, 0.29) is 0 Å². The molecule has 5 aromatic rings. The van der Waals surface area contributed by atoms with Gasteiger partial charge in [0.15, 0.2) is 0 Å². The molecular weight excluding hydrogens is 378 g/mol. The molecule has 0 aliphatic carbocycles.